The van der Waals surface area contributed by atoms with Crippen molar-refractivity contribution in [2.45, 2.75) is 26.1 Å². The molecule has 0 aromatic heterocycles. The number of nitrogens with zero attached hydrogens (tertiary/aromatic N) is 2. The monoisotopic (exact) mass is 404 g/mol. The molecule has 1 aromatic carbocycles. The summed E-state index contributed by atoms with van der Waals surface area (Å²) in [7, 11) is 3.75. The molecule has 0 aliphatic carbocycles. The van der Waals surface area contributed by atoms with Crippen LogP contribution in [0.2, 0.25) is 0 Å². The van der Waals surface area contributed by atoms with E-state index in [1.807, 2.05) is 6.92 Å². The van der Waals surface area contributed by atoms with Gasteiger partial charge < -0.3 is 25.0 Å². The van der Waals surface area contributed by atoms with Crippen molar-refractivity contribution in [2.24, 2.45) is 4.99 Å². The van der Waals surface area contributed by atoms with Crippen LogP contribution in [0.3, 0.4) is 0 Å². The number of ether oxygens (including phenoxy) is 2. The van der Waals surface area contributed by atoms with E-state index in [9.17, 15) is 13.2 Å². The van der Waals surface area contributed by atoms with Gasteiger partial charge >= 0.3 is 6.18 Å². The third-order valence-corrected chi connectivity index (χ3v) is 3.78. The first kappa shape index (κ1) is 24.0. The molecule has 0 heterocycles. The van der Waals surface area contributed by atoms with Gasteiger partial charge in [-0.15, -0.1) is 0 Å². The largest absolute Gasteiger partial charge is 0.484 e. The van der Waals surface area contributed by atoms with Crippen LogP contribution in [0, 0.1) is 0 Å². The molecule has 0 saturated heterocycles. The maximum Gasteiger partial charge on any atom is 0.422 e. The molecule has 6 nitrogen and oxygen atoms in total. The Hall–Kier alpha value is -2.00. The van der Waals surface area contributed by atoms with Crippen molar-refractivity contribution in [3.63, 3.8) is 0 Å². The van der Waals surface area contributed by atoms with E-state index in [1.54, 1.807) is 19.2 Å². The first-order valence-electron chi connectivity index (χ1n) is 9.32. The number of likely N-dealkylation sites (N-methyl/N-ethyl adjacent to an activating group) is 1. The Bertz CT molecular complexity index is 565. The summed E-state index contributed by atoms with van der Waals surface area (Å²) >= 11 is 0. The zero-order chi connectivity index (χ0) is 20.8. The lowest BCUT2D eigenvalue weighted by molar-refractivity contribution is -0.153. The molecule has 0 radical (unpaired) electrons. The lowest BCUT2D eigenvalue weighted by Gasteiger charge is -2.17. The number of hydrogen-bond donors (Lipinski definition) is 2. The van der Waals surface area contributed by atoms with Gasteiger partial charge in [0.05, 0.1) is 13.2 Å². The minimum Gasteiger partial charge on any atom is -0.484 e. The summed E-state index contributed by atoms with van der Waals surface area (Å²) in [6.45, 7) is 5.21. The van der Waals surface area contributed by atoms with Crippen LogP contribution in [-0.4, -0.2) is 70.6 Å². The third-order valence-electron chi connectivity index (χ3n) is 3.78. The van der Waals surface area contributed by atoms with Crippen molar-refractivity contribution >= 4 is 5.96 Å². The molecule has 0 atom stereocenters. The van der Waals surface area contributed by atoms with Crippen LogP contribution >= 0.6 is 0 Å². The maximum atomic E-state index is 12.2. The number of nitrogens with one attached hydrogen (secondary N) is 2. The van der Waals surface area contributed by atoms with Crippen molar-refractivity contribution in [3.05, 3.63) is 29.8 Å². The molecular formula is C19H31F3N4O2. The molecule has 0 saturated carbocycles. The highest BCUT2D eigenvalue weighted by atomic mass is 19.4. The van der Waals surface area contributed by atoms with Crippen LogP contribution in [-0.2, 0) is 11.3 Å². The fourth-order valence-electron chi connectivity index (χ4n) is 2.28. The van der Waals surface area contributed by atoms with E-state index >= 15 is 0 Å². The zero-order valence-electron chi connectivity index (χ0n) is 16.8. The molecule has 2 N–H and O–H groups in total. The summed E-state index contributed by atoms with van der Waals surface area (Å²) in [5, 5.41) is 6.46. The van der Waals surface area contributed by atoms with Crippen molar-refractivity contribution in [1.29, 1.82) is 0 Å². The number of methoxy groups -OCH3 is 1. The summed E-state index contributed by atoms with van der Waals surface area (Å²) in [5.74, 6) is 0.895. The first-order chi connectivity index (χ1) is 13.3. The normalized spacial score (nSPS) is 12.3. The van der Waals surface area contributed by atoms with E-state index in [2.05, 4.69) is 27.6 Å². The minimum absolute atomic E-state index is 0.188. The van der Waals surface area contributed by atoms with Gasteiger partial charge in [-0.2, -0.15) is 13.2 Å². The second kappa shape index (κ2) is 13.2. The van der Waals surface area contributed by atoms with E-state index in [4.69, 9.17) is 9.47 Å². The van der Waals surface area contributed by atoms with Crippen molar-refractivity contribution in [3.8, 4) is 5.75 Å². The van der Waals surface area contributed by atoms with Gasteiger partial charge in [-0.25, -0.2) is 4.99 Å². The van der Waals surface area contributed by atoms with E-state index < -0.39 is 12.8 Å². The SMILES string of the molecule is CCNC(=NCc1ccc(OCC(F)(F)F)cc1)NCCCN(C)CCOC. The summed E-state index contributed by atoms with van der Waals surface area (Å²) in [6, 6.07) is 6.46. The van der Waals surface area contributed by atoms with Gasteiger partial charge in [-0.05, 0) is 44.6 Å². The zero-order valence-corrected chi connectivity index (χ0v) is 16.8. The molecule has 0 spiro atoms. The Labute approximate surface area is 165 Å². The Morgan fingerprint density at radius 1 is 1.14 bits per heavy atom. The van der Waals surface area contributed by atoms with Gasteiger partial charge in [0.1, 0.15) is 5.75 Å². The molecule has 0 aliphatic heterocycles. The van der Waals surface area contributed by atoms with E-state index in [0.29, 0.717) is 19.1 Å². The Morgan fingerprint density at radius 2 is 1.86 bits per heavy atom. The lowest BCUT2D eigenvalue weighted by atomic mass is 10.2. The lowest BCUT2D eigenvalue weighted by Crippen LogP contribution is -2.38. The molecule has 1 aromatic rings. The highest BCUT2D eigenvalue weighted by molar-refractivity contribution is 5.79. The van der Waals surface area contributed by atoms with Gasteiger partial charge in [0.15, 0.2) is 12.6 Å². The average molecular weight is 404 g/mol. The smallest absolute Gasteiger partial charge is 0.422 e. The molecular weight excluding hydrogens is 373 g/mol. The van der Waals surface area contributed by atoms with Crippen molar-refractivity contribution in [2.75, 3.05) is 53.6 Å². The number of hydrogen-bond acceptors (Lipinski definition) is 4. The molecule has 28 heavy (non-hydrogen) atoms. The van der Waals surface area contributed by atoms with Crippen LogP contribution in [0.25, 0.3) is 0 Å². The first-order valence-corrected chi connectivity index (χ1v) is 9.32. The molecule has 160 valence electrons. The highest BCUT2D eigenvalue weighted by Crippen LogP contribution is 2.19. The van der Waals surface area contributed by atoms with E-state index in [1.165, 1.54) is 12.1 Å². The summed E-state index contributed by atoms with van der Waals surface area (Å²) in [5.41, 5.74) is 0.885. The quantitative estimate of drug-likeness (QED) is 0.319. The topological polar surface area (TPSA) is 58.1 Å². The Kier molecular flexibility index (Phi) is 11.4. The fourth-order valence-corrected chi connectivity index (χ4v) is 2.28. The molecule has 9 heteroatoms. The van der Waals surface area contributed by atoms with E-state index in [-0.39, 0.29) is 5.75 Å². The predicted molar refractivity (Wildman–Crippen MR) is 105 cm³/mol. The average Bonchev–Trinajstić information content (AvgIpc) is 2.66. The summed E-state index contributed by atoms with van der Waals surface area (Å²) in [6.07, 6.45) is -3.37. The second-order valence-electron chi connectivity index (χ2n) is 6.32. The van der Waals surface area contributed by atoms with Crippen LogP contribution in [0.1, 0.15) is 18.9 Å². The van der Waals surface area contributed by atoms with Crippen LogP contribution in [0.15, 0.2) is 29.3 Å². The number of aliphatic imine (C=N–C) groups is 1. The van der Waals surface area contributed by atoms with Gasteiger partial charge in [0.25, 0.3) is 0 Å². The molecule has 0 aliphatic rings. The summed E-state index contributed by atoms with van der Waals surface area (Å²) in [4.78, 5) is 6.71. The summed E-state index contributed by atoms with van der Waals surface area (Å²) < 4.78 is 46.2. The molecule has 1 rings (SSSR count). The van der Waals surface area contributed by atoms with Crippen LogP contribution in [0.5, 0.6) is 5.75 Å². The number of guanidine groups is 1. The highest BCUT2D eigenvalue weighted by Gasteiger charge is 2.28. The predicted octanol–water partition coefficient (Wildman–Crippen LogP) is 2.65. The maximum absolute atomic E-state index is 12.2. The van der Waals surface area contributed by atoms with Crippen LogP contribution < -0.4 is 15.4 Å². The van der Waals surface area contributed by atoms with Gasteiger partial charge in [0.2, 0.25) is 0 Å². The standard InChI is InChI=1S/C19H31F3N4O2/c1-4-23-18(24-10-5-11-26(2)12-13-27-3)25-14-16-6-8-17(9-7-16)28-15-19(20,21)22/h6-9H,4-5,10-15H2,1-3H3,(H2,23,24,25). The van der Waals surface area contributed by atoms with Crippen molar-refractivity contribution in [1.82, 2.24) is 15.5 Å². The Balaban J connectivity index is 2.42. The molecule has 0 amide bonds. The number of alkyl halides is 3. The molecule has 0 fully saturated rings. The Morgan fingerprint density at radius 3 is 2.46 bits per heavy atom. The second-order valence-corrected chi connectivity index (χ2v) is 6.32. The molecule has 0 bridgehead atoms. The van der Waals surface area contributed by atoms with Gasteiger partial charge in [0, 0.05) is 26.7 Å². The number of benzene rings is 1. The van der Waals surface area contributed by atoms with Crippen molar-refractivity contribution < 1.29 is 22.6 Å². The number of halogens is 3. The fraction of sp³-hybridized carbons (Fsp3) is 0.632. The number of rotatable bonds is 12. The van der Waals surface area contributed by atoms with Crippen LogP contribution in [0.4, 0.5) is 13.2 Å². The molecule has 0 unspecified atom stereocenters. The third kappa shape index (κ3) is 11.7. The van der Waals surface area contributed by atoms with Gasteiger partial charge in [-0.3, -0.25) is 0 Å². The van der Waals surface area contributed by atoms with Gasteiger partial charge in [-0.1, -0.05) is 12.1 Å². The minimum atomic E-state index is -4.34. The van der Waals surface area contributed by atoms with E-state index in [0.717, 1.165) is 38.2 Å².